The van der Waals surface area contributed by atoms with Gasteiger partial charge >= 0.3 is 0 Å². The first-order chi connectivity index (χ1) is 6.85. The molecule has 0 atom stereocenters. The third-order valence-electron chi connectivity index (χ3n) is 1.86. The standard InChI is InChI=1S/C11H19N3/c1-3-11(9-14-10-13-2)7-5-4-6-8-12/h3,8-10,12H,4-7H2,1-2H3/b11-3+,12-8?,13-10-,14-9-. The lowest BCUT2D eigenvalue weighted by Crippen LogP contribution is -1.87. The van der Waals surface area contributed by atoms with Crippen molar-refractivity contribution in [1.82, 2.24) is 0 Å². The molecule has 0 aliphatic carbocycles. The van der Waals surface area contributed by atoms with Crippen LogP contribution in [0.25, 0.3) is 0 Å². The molecular weight excluding hydrogens is 174 g/mol. The normalized spacial score (nSPS) is 12.9. The average molecular weight is 193 g/mol. The van der Waals surface area contributed by atoms with Gasteiger partial charge in [0.05, 0.1) is 0 Å². The summed E-state index contributed by atoms with van der Waals surface area (Å²) in [7, 11) is 1.71. The number of hydrogen-bond acceptors (Lipinski definition) is 2. The van der Waals surface area contributed by atoms with Crippen LogP contribution in [0.15, 0.2) is 21.6 Å². The van der Waals surface area contributed by atoms with Crippen LogP contribution in [0, 0.1) is 5.41 Å². The first kappa shape index (κ1) is 12.8. The van der Waals surface area contributed by atoms with Gasteiger partial charge < -0.3 is 5.41 Å². The molecule has 0 bridgehead atoms. The molecule has 0 heterocycles. The number of unbranched alkanes of at least 4 members (excludes halogenated alkanes) is 2. The molecule has 0 spiro atoms. The quantitative estimate of drug-likeness (QED) is 0.367. The molecule has 0 radical (unpaired) electrons. The number of allylic oxidation sites excluding steroid dienone is 2. The van der Waals surface area contributed by atoms with Gasteiger partial charge in [0, 0.05) is 13.3 Å². The van der Waals surface area contributed by atoms with Crippen LogP contribution in [0.2, 0.25) is 0 Å². The summed E-state index contributed by atoms with van der Waals surface area (Å²) in [6, 6.07) is 0. The fraction of sp³-hybridized carbons (Fsp3) is 0.545. The summed E-state index contributed by atoms with van der Waals surface area (Å²) in [5.74, 6) is 0. The average Bonchev–Trinajstić information content (AvgIpc) is 2.22. The second kappa shape index (κ2) is 9.84. The van der Waals surface area contributed by atoms with Crippen molar-refractivity contribution in [3.63, 3.8) is 0 Å². The summed E-state index contributed by atoms with van der Waals surface area (Å²) in [5.41, 5.74) is 1.23. The van der Waals surface area contributed by atoms with E-state index in [0.717, 1.165) is 25.7 Å². The summed E-state index contributed by atoms with van der Waals surface area (Å²) < 4.78 is 0. The zero-order valence-electron chi connectivity index (χ0n) is 9.03. The van der Waals surface area contributed by atoms with Gasteiger partial charge in [-0.1, -0.05) is 6.08 Å². The predicted octanol–water partition coefficient (Wildman–Crippen LogP) is 2.87. The summed E-state index contributed by atoms with van der Waals surface area (Å²) in [6.07, 6.45) is 11.0. The second-order valence-corrected chi connectivity index (χ2v) is 2.97. The molecule has 3 nitrogen and oxygen atoms in total. The molecule has 0 saturated carbocycles. The summed E-state index contributed by atoms with van der Waals surface area (Å²) in [4.78, 5) is 7.80. The first-order valence-electron chi connectivity index (χ1n) is 4.93. The Labute approximate surface area is 86.2 Å². The maximum Gasteiger partial charge on any atom is 0.109 e. The van der Waals surface area contributed by atoms with Crippen molar-refractivity contribution in [2.75, 3.05) is 7.05 Å². The largest absolute Gasteiger partial charge is 0.313 e. The topological polar surface area (TPSA) is 48.6 Å². The van der Waals surface area contributed by atoms with E-state index in [-0.39, 0.29) is 0 Å². The van der Waals surface area contributed by atoms with Gasteiger partial charge in [-0.25, -0.2) is 4.99 Å². The highest BCUT2D eigenvalue weighted by atomic mass is 14.8. The minimum Gasteiger partial charge on any atom is -0.313 e. The smallest absolute Gasteiger partial charge is 0.109 e. The van der Waals surface area contributed by atoms with Crippen LogP contribution in [0.4, 0.5) is 0 Å². The van der Waals surface area contributed by atoms with Gasteiger partial charge in [-0.05, 0) is 44.4 Å². The van der Waals surface area contributed by atoms with Crippen molar-refractivity contribution in [3.8, 4) is 0 Å². The fourth-order valence-electron chi connectivity index (χ4n) is 1.05. The van der Waals surface area contributed by atoms with Gasteiger partial charge in [-0.3, -0.25) is 4.99 Å². The Bertz CT molecular complexity index is 227. The van der Waals surface area contributed by atoms with Crippen molar-refractivity contribution in [2.24, 2.45) is 9.98 Å². The number of aliphatic imine (C=N–C) groups is 2. The van der Waals surface area contributed by atoms with E-state index in [9.17, 15) is 0 Å². The Kier molecular flexibility index (Phi) is 8.96. The van der Waals surface area contributed by atoms with E-state index in [0.29, 0.717) is 0 Å². The monoisotopic (exact) mass is 193 g/mol. The van der Waals surface area contributed by atoms with Crippen LogP contribution < -0.4 is 0 Å². The third-order valence-corrected chi connectivity index (χ3v) is 1.86. The molecule has 0 aromatic heterocycles. The summed E-state index contributed by atoms with van der Waals surface area (Å²) >= 11 is 0. The molecule has 78 valence electrons. The molecule has 0 aromatic rings. The van der Waals surface area contributed by atoms with Gasteiger partial charge in [-0.2, -0.15) is 0 Å². The highest BCUT2D eigenvalue weighted by Crippen LogP contribution is 2.06. The van der Waals surface area contributed by atoms with E-state index >= 15 is 0 Å². The number of nitrogens with zero attached hydrogens (tertiary/aromatic N) is 2. The molecule has 0 saturated heterocycles. The Morgan fingerprint density at radius 1 is 1.36 bits per heavy atom. The Hall–Kier alpha value is -1.25. The van der Waals surface area contributed by atoms with Crippen LogP contribution in [0.5, 0.6) is 0 Å². The number of nitrogens with one attached hydrogen (secondary N) is 1. The van der Waals surface area contributed by atoms with Crippen LogP contribution in [-0.4, -0.2) is 25.8 Å². The first-order valence-corrected chi connectivity index (χ1v) is 4.93. The van der Waals surface area contributed by atoms with E-state index in [4.69, 9.17) is 5.41 Å². The Morgan fingerprint density at radius 3 is 2.71 bits per heavy atom. The van der Waals surface area contributed by atoms with Gasteiger partial charge in [0.2, 0.25) is 0 Å². The van der Waals surface area contributed by atoms with Crippen LogP contribution >= 0.6 is 0 Å². The van der Waals surface area contributed by atoms with Crippen LogP contribution in [0.3, 0.4) is 0 Å². The lowest BCUT2D eigenvalue weighted by atomic mass is 10.1. The molecule has 0 aromatic carbocycles. The third kappa shape index (κ3) is 7.40. The molecule has 0 amide bonds. The predicted molar refractivity (Wildman–Crippen MR) is 63.9 cm³/mol. The number of hydrogen-bond donors (Lipinski definition) is 1. The summed E-state index contributed by atoms with van der Waals surface area (Å²) in [6.45, 7) is 2.01. The van der Waals surface area contributed by atoms with E-state index in [1.165, 1.54) is 11.8 Å². The Morgan fingerprint density at radius 2 is 2.14 bits per heavy atom. The zero-order valence-corrected chi connectivity index (χ0v) is 9.03. The van der Waals surface area contributed by atoms with Crippen molar-refractivity contribution in [1.29, 1.82) is 5.41 Å². The van der Waals surface area contributed by atoms with E-state index < -0.39 is 0 Å². The molecule has 0 fully saturated rings. The molecule has 0 aliphatic heterocycles. The maximum atomic E-state index is 6.89. The van der Waals surface area contributed by atoms with Gasteiger partial charge in [-0.15, -0.1) is 0 Å². The maximum absolute atomic E-state index is 6.89. The highest BCUT2D eigenvalue weighted by molar-refractivity contribution is 5.84. The lowest BCUT2D eigenvalue weighted by molar-refractivity contribution is 0.773. The molecule has 14 heavy (non-hydrogen) atoms. The van der Waals surface area contributed by atoms with Crippen molar-refractivity contribution < 1.29 is 0 Å². The van der Waals surface area contributed by atoms with Crippen LogP contribution in [-0.2, 0) is 0 Å². The molecule has 0 rings (SSSR count). The molecular formula is C11H19N3. The minimum absolute atomic E-state index is 0.880. The second-order valence-electron chi connectivity index (χ2n) is 2.97. The fourth-order valence-corrected chi connectivity index (χ4v) is 1.05. The molecule has 0 aliphatic rings. The lowest BCUT2D eigenvalue weighted by Gasteiger charge is -1.98. The zero-order chi connectivity index (χ0) is 10.6. The van der Waals surface area contributed by atoms with E-state index in [1.807, 2.05) is 13.1 Å². The minimum atomic E-state index is 0.880. The Balaban J connectivity index is 3.75. The van der Waals surface area contributed by atoms with E-state index in [2.05, 4.69) is 16.1 Å². The van der Waals surface area contributed by atoms with Crippen molar-refractivity contribution in [3.05, 3.63) is 11.6 Å². The number of rotatable bonds is 7. The van der Waals surface area contributed by atoms with Crippen molar-refractivity contribution in [2.45, 2.75) is 32.6 Å². The molecule has 1 N–H and O–H groups in total. The van der Waals surface area contributed by atoms with E-state index in [1.54, 1.807) is 13.4 Å². The van der Waals surface area contributed by atoms with Gasteiger partial charge in [0.1, 0.15) is 6.34 Å². The molecule has 0 unspecified atom stereocenters. The molecule has 3 heteroatoms. The van der Waals surface area contributed by atoms with Crippen LogP contribution in [0.1, 0.15) is 32.6 Å². The SMILES string of the molecule is C/C=C(/C=N\C=N/C)CCCCC=N. The highest BCUT2D eigenvalue weighted by Gasteiger charge is 1.91. The summed E-state index contributed by atoms with van der Waals surface area (Å²) in [5, 5.41) is 6.89. The van der Waals surface area contributed by atoms with Gasteiger partial charge in [0.25, 0.3) is 0 Å². The van der Waals surface area contributed by atoms with Gasteiger partial charge in [0.15, 0.2) is 0 Å². The van der Waals surface area contributed by atoms with Crippen molar-refractivity contribution >= 4 is 18.8 Å².